The molecule has 0 saturated carbocycles. The van der Waals surface area contributed by atoms with Crippen LogP contribution in [-0.4, -0.2) is 78.5 Å². The number of benzene rings is 3. The van der Waals surface area contributed by atoms with Crippen molar-refractivity contribution in [2.45, 2.75) is 0 Å². The number of hydrogen-bond donors (Lipinski definition) is 2. The molecule has 1 amide bonds. The van der Waals surface area contributed by atoms with Crippen molar-refractivity contribution < 1.29 is 19.7 Å². The quantitative estimate of drug-likeness (QED) is 0.575. The number of aromatic hydroxyl groups is 1. The van der Waals surface area contributed by atoms with Gasteiger partial charge in [-0.3, -0.25) is 9.69 Å². The Kier molecular flexibility index (Phi) is 6.82. The van der Waals surface area contributed by atoms with Crippen LogP contribution in [-0.2, 0) is 4.74 Å². The minimum absolute atomic E-state index is 0.0468. The molecule has 0 aromatic heterocycles. The minimum Gasteiger partial charge on any atom is -0.508 e. The maximum Gasteiger partial charge on any atom is 0.253 e. The highest BCUT2D eigenvalue weighted by atomic mass is 16.5. The zero-order valence-corrected chi connectivity index (χ0v) is 17.5. The van der Waals surface area contributed by atoms with E-state index >= 15 is 0 Å². The first-order chi connectivity index (χ1) is 15.1. The highest BCUT2D eigenvalue weighted by molar-refractivity contribution is 5.99. The number of ether oxygens (including phenoxy) is 1. The van der Waals surface area contributed by atoms with E-state index in [0.717, 1.165) is 41.5 Å². The summed E-state index contributed by atoms with van der Waals surface area (Å²) >= 11 is 0. The summed E-state index contributed by atoms with van der Waals surface area (Å²) in [5.41, 5.74) is 2.69. The first-order valence-electron chi connectivity index (χ1n) is 10.7. The third-order valence-corrected chi connectivity index (χ3v) is 5.71. The maximum atomic E-state index is 13.0. The van der Waals surface area contributed by atoms with Crippen molar-refractivity contribution >= 4 is 16.7 Å². The van der Waals surface area contributed by atoms with Crippen LogP contribution in [0.15, 0.2) is 60.7 Å². The third kappa shape index (κ3) is 5.22. The summed E-state index contributed by atoms with van der Waals surface area (Å²) in [4.78, 5) is 17.2. The van der Waals surface area contributed by atoms with Crippen molar-refractivity contribution in [1.82, 2.24) is 9.80 Å². The molecule has 162 valence electrons. The Labute approximate surface area is 182 Å². The van der Waals surface area contributed by atoms with E-state index < -0.39 is 0 Å². The van der Waals surface area contributed by atoms with Crippen molar-refractivity contribution in [3.05, 3.63) is 66.2 Å². The van der Waals surface area contributed by atoms with Crippen molar-refractivity contribution in [3.8, 4) is 16.9 Å². The van der Waals surface area contributed by atoms with E-state index in [2.05, 4.69) is 11.0 Å². The van der Waals surface area contributed by atoms with Gasteiger partial charge in [-0.1, -0.05) is 30.3 Å². The molecular formula is C25H28N2O4. The van der Waals surface area contributed by atoms with Crippen LogP contribution >= 0.6 is 0 Å². The van der Waals surface area contributed by atoms with Gasteiger partial charge in [-0.15, -0.1) is 0 Å². The first kappa shape index (κ1) is 21.3. The lowest BCUT2D eigenvalue weighted by atomic mass is 9.99. The minimum atomic E-state index is 0.0468. The third-order valence-electron chi connectivity index (χ3n) is 5.71. The van der Waals surface area contributed by atoms with E-state index in [1.807, 2.05) is 47.4 Å². The molecule has 0 radical (unpaired) electrons. The molecule has 0 aliphatic carbocycles. The molecule has 0 atom stereocenters. The summed E-state index contributed by atoms with van der Waals surface area (Å²) in [6.45, 7) is 4.90. The molecule has 1 aliphatic rings. The van der Waals surface area contributed by atoms with Gasteiger partial charge in [-0.2, -0.15) is 0 Å². The maximum absolute atomic E-state index is 13.0. The molecular weight excluding hydrogens is 392 g/mol. The van der Waals surface area contributed by atoms with E-state index in [4.69, 9.17) is 9.84 Å². The number of amides is 1. The Morgan fingerprint density at radius 2 is 1.61 bits per heavy atom. The van der Waals surface area contributed by atoms with Gasteiger partial charge in [-0.25, -0.2) is 0 Å². The van der Waals surface area contributed by atoms with E-state index in [0.29, 0.717) is 31.9 Å². The number of rotatable bonds is 7. The van der Waals surface area contributed by atoms with Crippen LogP contribution in [0.3, 0.4) is 0 Å². The van der Waals surface area contributed by atoms with Crippen molar-refractivity contribution in [1.29, 1.82) is 0 Å². The molecule has 1 fully saturated rings. The number of fused-ring (bicyclic) bond motifs is 1. The van der Waals surface area contributed by atoms with E-state index in [1.54, 1.807) is 12.1 Å². The molecule has 6 nitrogen and oxygen atoms in total. The van der Waals surface area contributed by atoms with Crippen molar-refractivity contribution in [2.24, 2.45) is 0 Å². The Morgan fingerprint density at radius 1 is 0.871 bits per heavy atom. The molecule has 2 N–H and O–H groups in total. The number of nitrogens with zero attached hydrogens (tertiary/aromatic N) is 2. The van der Waals surface area contributed by atoms with Crippen LogP contribution in [0, 0.1) is 0 Å². The average Bonchev–Trinajstić information content (AvgIpc) is 2.81. The number of phenols is 1. The molecule has 4 rings (SSSR count). The molecule has 0 bridgehead atoms. The summed E-state index contributed by atoms with van der Waals surface area (Å²) in [5, 5.41) is 20.6. The fourth-order valence-corrected chi connectivity index (χ4v) is 3.96. The van der Waals surface area contributed by atoms with Crippen LogP contribution in [0.5, 0.6) is 5.75 Å². The van der Waals surface area contributed by atoms with Crippen LogP contribution in [0.1, 0.15) is 10.4 Å². The zero-order valence-electron chi connectivity index (χ0n) is 17.5. The summed E-state index contributed by atoms with van der Waals surface area (Å²) in [6, 6.07) is 19.2. The number of aliphatic hydroxyl groups excluding tert-OH is 1. The highest BCUT2D eigenvalue weighted by Crippen LogP contribution is 2.27. The molecule has 1 aliphatic heterocycles. The predicted octanol–water partition coefficient (Wildman–Crippen LogP) is 2.98. The molecule has 1 heterocycles. The normalized spacial score (nSPS) is 14.8. The molecule has 3 aromatic carbocycles. The Morgan fingerprint density at radius 3 is 2.39 bits per heavy atom. The lowest BCUT2D eigenvalue weighted by Crippen LogP contribution is -2.49. The van der Waals surface area contributed by atoms with Gasteiger partial charge in [0.25, 0.3) is 5.91 Å². The first-order valence-corrected chi connectivity index (χ1v) is 10.7. The average molecular weight is 421 g/mol. The Bertz CT molecular complexity index is 1040. The Balaban J connectivity index is 1.40. The second-order valence-corrected chi connectivity index (χ2v) is 7.80. The fourth-order valence-electron chi connectivity index (χ4n) is 3.96. The molecule has 31 heavy (non-hydrogen) atoms. The molecule has 3 aromatic rings. The largest absolute Gasteiger partial charge is 0.508 e. The summed E-state index contributed by atoms with van der Waals surface area (Å²) in [6.07, 6.45) is 0. The number of carbonyl (C=O) groups excluding carboxylic acids is 1. The van der Waals surface area contributed by atoms with Crippen LogP contribution < -0.4 is 0 Å². The Hall–Kier alpha value is -2.93. The second-order valence-electron chi connectivity index (χ2n) is 7.80. The number of phenolic OH excluding ortho intramolecular Hbond substituents is 1. The smallest absolute Gasteiger partial charge is 0.253 e. The van der Waals surface area contributed by atoms with E-state index in [-0.39, 0.29) is 18.3 Å². The van der Waals surface area contributed by atoms with Gasteiger partial charge in [0.05, 0.1) is 19.8 Å². The number of piperazine rings is 1. The summed E-state index contributed by atoms with van der Waals surface area (Å²) < 4.78 is 5.33. The van der Waals surface area contributed by atoms with E-state index in [9.17, 15) is 9.90 Å². The lowest BCUT2D eigenvalue weighted by Gasteiger charge is -2.34. The van der Waals surface area contributed by atoms with Crippen LogP contribution in [0.4, 0.5) is 0 Å². The van der Waals surface area contributed by atoms with Gasteiger partial charge < -0.3 is 19.8 Å². The summed E-state index contributed by atoms with van der Waals surface area (Å²) in [5.74, 6) is 0.312. The lowest BCUT2D eigenvalue weighted by molar-refractivity contribution is 0.0486. The molecule has 0 spiro atoms. The van der Waals surface area contributed by atoms with Gasteiger partial charge in [0.1, 0.15) is 5.75 Å². The van der Waals surface area contributed by atoms with Gasteiger partial charge >= 0.3 is 0 Å². The number of hydrogen-bond acceptors (Lipinski definition) is 5. The van der Waals surface area contributed by atoms with E-state index in [1.165, 1.54) is 0 Å². The van der Waals surface area contributed by atoms with Crippen molar-refractivity contribution in [2.75, 3.05) is 52.5 Å². The number of carbonyl (C=O) groups is 1. The summed E-state index contributed by atoms with van der Waals surface area (Å²) in [7, 11) is 0. The fraction of sp³-hybridized carbons (Fsp3) is 0.320. The number of aliphatic hydroxyl groups is 1. The van der Waals surface area contributed by atoms with Gasteiger partial charge in [0.2, 0.25) is 0 Å². The monoisotopic (exact) mass is 420 g/mol. The highest BCUT2D eigenvalue weighted by Gasteiger charge is 2.22. The van der Waals surface area contributed by atoms with Gasteiger partial charge in [0, 0.05) is 38.3 Å². The predicted molar refractivity (Wildman–Crippen MR) is 121 cm³/mol. The topological polar surface area (TPSA) is 73.2 Å². The van der Waals surface area contributed by atoms with Crippen LogP contribution in [0.25, 0.3) is 21.9 Å². The van der Waals surface area contributed by atoms with Crippen molar-refractivity contribution in [3.63, 3.8) is 0 Å². The van der Waals surface area contributed by atoms with Crippen LogP contribution in [0.2, 0.25) is 0 Å². The molecule has 0 unspecified atom stereocenters. The standard InChI is InChI=1S/C25H28N2O4/c28-13-15-31-14-12-26-8-10-27(11-9-26)25(30)23-7-6-21-16-20(4-5-22(21)17-23)19-2-1-3-24(29)18-19/h1-7,16-18,28-29H,8-15H2. The van der Waals surface area contributed by atoms with Gasteiger partial charge in [-0.05, 0) is 52.2 Å². The second kappa shape index (κ2) is 9.92. The molecule has 6 heteroatoms. The SMILES string of the molecule is O=C(c1ccc2cc(-c3cccc(O)c3)ccc2c1)N1CCN(CCOCCO)CC1. The molecule has 1 saturated heterocycles. The zero-order chi connectivity index (χ0) is 21.6. The van der Waals surface area contributed by atoms with Gasteiger partial charge in [0.15, 0.2) is 0 Å².